The van der Waals surface area contributed by atoms with Gasteiger partial charge in [-0.1, -0.05) is 18.0 Å². The lowest BCUT2D eigenvalue weighted by molar-refractivity contribution is -0.120. The van der Waals surface area contributed by atoms with Gasteiger partial charge in [-0.3, -0.25) is 4.79 Å². The summed E-state index contributed by atoms with van der Waals surface area (Å²) >= 11 is 5.83. The van der Waals surface area contributed by atoms with Gasteiger partial charge < -0.3 is 5.32 Å². The average molecular weight is 397 g/mol. The second-order valence-electron chi connectivity index (χ2n) is 6.08. The van der Waals surface area contributed by atoms with E-state index in [1.165, 1.54) is 52.8 Å². The summed E-state index contributed by atoms with van der Waals surface area (Å²) < 4.78 is 40.2. The van der Waals surface area contributed by atoms with Gasteiger partial charge in [0.1, 0.15) is 11.9 Å². The summed E-state index contributed by atoms with van der Waals surface area (Å²) in [5, 5.41) is 3.11. The number of halogens is 2. The Morgan fingerprint density at radius 2 is 1.73 bits per heavy atom. The third-order valence-electron chi connectivity index (χ3n) is 4.29. The van der Waals surface area contributed by atoms with Crippen molar-refractivity contribution in [3.8, 4) is 0 Å². The molecule has 138 valence electrons. The first-order valence-electron chi connectivity index (χ1n) is 8.22. The molecule has 0 saturated carbocycles. The lowest BCUT2D eigenvalue weighted by Crippen LogP contribution is -2.49. The Morgan fingerprint density at radius 1 is 1.08 bits per heavy atom. The van der Waals surface area contributed by atoms with Crippen LogP contribution in [0.15, 0.2) is 53.4 Å². The topological polar surface area (TPSA) is 66.5 Å². The van der Waals surface area contributed by atoms with Crippen LogP contribution >= 0.6 is 11.6 Å². The highest BCUT2D eigenvalue weighted by Gasteiger charge is 2.37. The number of amides is 1. The molecule has 1 aliphatic heterocycles. The van der Waals surface area contributed by atoms with Crippen LogP contribution in [0.3, 0.4) is 0 Å². The van der Waals surface area contributed by atoms with Gasteiger partial charge in [0.25, 0.3) is 0 Å². The number of sulfonamides is 1. The van der Waals surface area contributed by atoms with E-state index in [1.54, 1.807) is 0 Å². The lowest BCUT2D eigenvalue weighted by atomic mass is 10.0. The molecule has 1 heterocycles. The molecule has 0 radical (unpaired) electrons. The summed E-state index contributed by atoms with van der Waals surface area (Å²) in [4.78, 5) is 12.8. The molecule has 1 fully saturated rings. The minimum atomic E-state index is -3.82. The number of nitrogens with one attached hydrogen (secondary N) is 1. The third-order valence-corrected chi connectivity index (χ3v) is 6.46. The fraction of sp³-hybridized carbons (Fsp3) is 0.278. The number of hydrogen-bond acceptors (Lipinski definition) is 3. The Hall–Kier alpha value is -1.96. The number of benzene rings is 2. The predicted octanol–water partition coefficient (Wildman–Crippen LogP) is 3.66. The van der Waals surface area contributed by atoms with Gasteiger partial charge in [-0.05, 0) is 61.4 Å². The van der Waals surface area contributed by atoms with Gasteiger partial charge in [-0.25, -0.2) is 12.8 Å². The van der Waals surface area contributed by atoms with Crippen molar-refractivity contribution in [2.45, 2.75) is 30.2 Å². The van der Waals surface area contributed by atoms with Gasteiger partial charge in [-0.15, -0.1) is 0 Å². The van der Waals surface area contributed by atoms with E-state index in [2.05, 4.69) is 5.32 Å². The van der Waals surface area contributed by atoms with Gasteiger partial charge in [0.15, 0.2) is 0 Å². The molecule has 0 aromatic heterocycles. The largest absolute Gasteiger partial charge is 0.325 e. The van der Waals surface area contributed by atoms with Crippen LogP contribution in [0.5, 0.6) is 0 Å². The van der Waals surface area contributed by atoms with E-state index in [0.717, 1.165) is 6.42 Å². The quantitative estimate of drug-likeness (QED) is 0.857. The van der Waals surface area contributed by atoms with Gasteiger partial charge >= 0.3 is 0 Å². The van der Waals surface area contributed by atoms with Crippen molar-refractivity contribution in [3.63, 3.8) is 0 Å². The summed E-state index contributed by atoms with van der Waals surface area (Å²) in [6.07, 6.45) is 1.88. The zero-order valence-corrected chi connectivity index (χ0v) is 15.4. The van der Waals surface area contributed by atoms with Crippen LogP contribution in [0.25, 0.3) is 0 Å². The molecule has 2 aromatic rings. The standard InChI is InChI=1S/C18H18ClFN2O3S/c19-13-4-10-16(11-5-13)26(24,25)22-12-2-1-3-17(22)18(23)21-15-8-6-14(20)7-9-15/h4-11,17H,1-3,12H2,(H,21,23)/t17-/m1/s1. The molecule has 2 aromatic carbocycles. The van der Waals surface area contributed by atoms with E-state index in [9.17, 15) is 17.6 Å². The number of hydrogen-bond donors (Lipinski definition) is 1. The van der Waals surface area contributed by atoms with E-state index >= 15 is 0 Å². The van der Waals surface area contributed by atoms with E-state index in [4.69, 9.17) is 11.6 Å². The van der Waals surface area contributed by atoms with Crippen LogP contribution in [0.1, 0.15) is 19.3 Å². The third kappa shape index (κ3) is 4.06. The van der Waals surface area contributed by atoms with E-state index in [-0.39, 0.29) is 11.4 Å². The predicted molar refractivity (Wildman–Crippen MR) is 98.0 cm³/mol. The van der Waals surface area contributed by atoms with Gasteiger partial charge in [0.05, 0.1) is 4.90 Å². The van der Waals surface area contributed by atoms with Crippen LogP contribution in [0.4, 0.5) is 10.1 Å². The number of anilines is 1. The minimum Gasteiger partial charge on any atom is -0.325 e. The summed E-state index contributed by atoms with van der Waals surface area (Å²) in [5.74, 6) is -0.832. The Balaban J connectivity index is 1.83. The molecule has 1 aliphatic rings. The van der Waals surface area contributed by atoms with Gasteiger partial charge in [0, 0.05) is 17.3 Å². The molecule has 0 unspecified atom stereocenters. The van der Waals surface area contributed by atoms with E-state index < -0.39 is 27.8 Å². The highest BCUT2D eigenvalue weighted by molar-refractivity contribution is 7.89. The number of piperidine rings is 1. The van der Waals surface area contributed by atoms with Crippen LogP contribution < -0.4 is 5.32 Å². The highest BCUT2D eigenvalue weighted by atomic mass is 35.5. The molecule has 0 aliphatic carbocycles. The Bertz CT molecular complexity index is 886. The zero-order valence-electron chi connectivity index (χ0n) is 13.9. The Morgan fingerprint density at radius 3 is 2.38 bits per heavy atom. The molecule has 5 nitrogen and oxygen atoms in total. The first-order valence-corrected chi connectivity index (χ1v) is 10.0. The average Bonchev–Trinajstić information content (AvgIpc) is 2.64. The molecule has 1 amide bonds. The van der Waals surface area contributed by atoms with E-state index in [0.29, 0.717) is 23.6 Å². The fourth-order valence-corrected chi connectivity index (χ4v) is 4.74. The summed E-state index contributed by atoms with van der Waals surface area (Å²) in [5.41, 5.74) is 0.422. The molecule has 0 bridgehead atoms. The number of carbonyl (C=O) groups excluding carboxylic acids is 1. The fourth-order valence-electron chi connectivity index (χ4n) is 2.96. The Kier molecular flexibility index (Phi) is 5.60. The molecule has 1 atom stereocenters. The van der Waals surface area contributed by atoms with Crippen LogP contribution in [0.2, 0.25) is 5.02 Å². The SMILES string of the molecule is O=C(Nc1ccc(F)cc1)[C@H]1CCCCN1S(=O)(=O)c1ccc(Cl)cc1. The molecular formula is C18H18ClFN2O3S. The molecule has 3 rings (SSSR count). The normalized spacial score (nSPS) is 18.5. The first kappa shape index (κ1) is 18.8. The van der Waals surface area contributed by atoms with Crippen molar-refractivity contribution >= 4 is 33.2 Å². The molecular weight excluding hydrogens is 379 g/mol. The van der Waals surface area contributed by atoms with Crippen LogP contribution in [-0.4, -0.2) is 31.2 Å². The second-order valence-corrected chi connectivity index (χ2v) is 8.40. The number of rotatable bonds is 4. The molecule has 1 N–H and O–H groups in total. The molecule has 0 spiro atoms. The molecule has 8 heteroatoms. The van der Waals surface area contributed by atoms with E-state index in [1.807, 2.05) is 0 Å². The van der Waals surface area contributed by atoms with Crippen molar-refractivity contribution in [3.05, 3.63) is 59.4 Å². The molecule has 1 saturated heterocycles. The maximum atomic E-state index is 13.0. The van der Waals surface area contributed by atoms with Crippen molar-refractivity contribution < 1.29 is 17.6 Å². The lowest BCUT2D eigenvalue weighted by Gasteiger charge is -2.33. The van der Waals surface area contributed by atoms with Crippen molar-refractivity contribution in [1.29, 1.82) is 0 Å². The van der Waals surface area contributed by atoms with Gasteiger partial charge in [-0.2, -0.15) is 4.31 Å². The minimum absolute atomic E-state index is 0.100. The zero-order chi connectivity index (χ0) is 18.7. The number of carbonyl (C=O) groups is 1. The highest BCUT2D eigenvalue weighted by Crippen LogP contribution is 2.27. The summed E-state index contributed by atoms with van der Waals surface area (Å²) in [6.45, 7) is 0.270. The maximum absolute atomic E-state index is 13.0. The van der Waals surface area contributed by atoms with Gasteiger partial charge in [0.2, 0.25) is 15.9 Å². The first-order chi connectivity index (χ1) is 12.4. The monoisotopic (exact) mass is 396 g/mol. The maximum Gasteiger partial charge on any atom is 0.243 e. The second kappa shape index (κ2) is 7.73. The smallest absolute Gasteiger partial charge is 0.243 e. The van der Waals surface area contributed by atoms with Crippen LogP contribution in [0, 0.1) is 5.82 Å². The number of nitrogens with zero attached hydrogens (tertiary/aromatic N) is 1. The van der Waals surface area contributed by atoms with Crippen molar-refractivity contribution in [2.24, 2.45) is 0 Å². The van der Waals surface area contributed by atoms with Crippen molar-refractivity contribution in [2.75, 3.05) is 11.9 Å². The van der Waals surface area contributed by atoms with Crippen LogP contribution in [-0.2, 0) is 14.8 Å². The Labute approximate surface area is 156 Å². The summed E-state index contributed by atoms with van der Waals surface area (Å²) in [6, 6.07) is 10.4. The molecule has 26 heavy (non-hydrogen) atoms. The summed E-state index contributed by atoms with van der Waals surface area (Å²) in [7, 11) is -3.82. The van der Waals surface area contributed by atoms with Crippen molar-refractivity contribution in [1.82, 2.24) is 4.31 Å².